The van der Waals surface area contributed by atoms with Gasteiger partial charge in [-0.15, -0.1) is 0 Å². The fourth-order valence-corrected chi connectivity index (χ4v) is 8.87. The maximum atomic E-state index is 5.28. The largest absolute Gasteiger partial charge is 0.309 e. The molecule has 0 fully saturated rings. The van der Waals surface area contributed by atoms with E-state index in [1.165, 1.54) is 44.1 Å². The van der Waals surface area contributed by atoms with Gasteiger partial charge in [0, 0.05) is 22.0 Å². The second-order valence-electron chi connectivity index (χ2n) is 15.6. The SMILES string of the molecule is Cc1cccc(C)c1-c1nc2ccccc2n1-c1cccc(N(c2ccc(C(C)(C)C)cc2)c2cccc(-n3c4ccccc4c4ccccc43)c2C)c1Br. The standard InChI is InChI=1S/C50H43BrN4/c1-32-16-13-17-33(2)47(32)49-52-39-20-9-12-23-44(39)55(49)46-27-15-26-45(48(46)51)53(36-30-28-35(29-31-36)50(4,5)6)40-24-14-25-41(34(40)3)54-42-21-10-7-18-37(42)38-19-8-11-22-43(38)54/h7-31H,1-6H3. The van der Waals surface area contributed by atoms with E-state index in [2.05, 4.69) is 223 Å². The summed E-state index contributed by atoms with van der Waals surface area (Å²) in [5.41, 5.74) is 15.8. The van der Waals surface area contributed by atoms with Gasteiger partial charge in [0.2, 0.25) is 0 Å². The van der Waals surface area contributed by atoms with Crippen LogP contribution in [0.1, 0.15) is 43.0 Å². The highest BCUT2D eigenvalue weighted by Gasteiger charge is 2.25. The van der Waals surface area contributed by atoms with Crippen molar-refractivity contribution in [3.8, 4) is 22.8 Å². The van der Waals surface area contributed by atoms with Crippen LogP contribution in [0.3, 0.4) is 0 Å². The van der Waals surface area contributed by atoms with Crippen LogP contribution in [0.2, 0.25) is 0 Å². The van der Waals surface area contributed by atoms with Crippen LogP contribution in [0.15, 0.2) is 156 Å². The molecule has 0 aliphatic carbocycles. The molecular formula is C50H43BrN4. The molecule has 0 atom stereocenters. The number of rotatable bonds is 6. The molecule has 270 valence electrons. The first-order chi connectivity index (χ1) is 26.6. The predicted octanol–water partition coefficient (Wildman–Crippen LogP) is 14.2. The number of halogens is 1. The molecule has 9 rings (SSSR count). The molecular weight excluding hydrogens is 736 g/mol. The van der Waals surface area contributed by atoms with Crippen molar-refractivity contribution in [2.45, 2.75) is 47.0 Å². The van der Waals surface area contributed by atoms with Crippen LogP contribution in [-0.2, 0) is 5.41 Å². The maximum absolute atomic E-state index is 5.28. The van der Waals surface area contributed by atoms with Crippen molar-refractivity contribution in [3.63, 3.8) is 0 Å². The predicted molar refractivity (Wildman–Crippen MR) is 236 cm³/mol. The fraction of sp³-hybridized carbons (Fsp3) is 0.140. The molecule has 7 aromatic carbocycles. The number of hydrogen-bond acceptors (Lipinski definition) is 2. The maximum Gasteiger partial charge on any atom is 0.146 e. The number of aromatic nitrogens is 3. The monoisotopic (exact) mass is 778 g/mol. The summed E-state index contributed by atoms with van der Waals surface area (Å²) < 4.78 is 5.72. The smallest absolute Gasteiger partial charge is 0.146 e. The lowest BCUT2D eigenvalue weighted by molar-refractivity contribution is 0.590. The molecule has 0 saturated heterocycles. The van der Waals surface area contributed by atoms with Crippen LogP contribution < -0.4 is 4.90 Å². The summed E-state index contributed by atoms with van der Waals surface area (Å²) >= 11 is 4.23. The minimum absolute atomic E-state index is 0.0306. The van der Waals surface area contributed by atoms with E-state index >= 15 is 0 Å². The summed E-state index contributed by atoms with van der Waals surface area (Å²) in [6, 6.07) is 54.7. The van der Waals surface area contributed by atoms with Crippen LogP contribution >= 0.6 is 15.9 Å². The van der Waals surface area contributed by atoms with Crippen molar-refractivity contribution in [2.24, 2.45) is 0 Å². The van der Waals surface area contributed by atoms with Crippen molar-refractivity contribution >= 4 is 65.8 Å². The van der Waals surface area contributed by atoms with E-state index in [4.69, 9.17) is 4.98 Å². The third kappa shape index (κ3) is 5.77. The summed E-state index contributed by atoms with van der Waals surface area (Å²) in [5.74, 6) is 0.931. The Balaban J connectivity index is 1.30. The zero-order chi connectivity index (χ0) is 38.0. The van der Waals surface area contributed by atoms with Gasteiger partial charge >= 0.3 is 0 Å². The zero-order valence-corrected chi connectivity index (χ0v) is 33.7. The summed E-state index contributed by atoms with van der Waals surface area (Å²) in [6.45, 7) is 13.4. The topological polar surface area (TPSA) is 26.0 Å². The minimum atomic E-state index is 0.0306. The van der Waals surface area contributed by atoms with Crippen molar-refractivity contribution in [3.05, 3.63) is 178 Å². The van der Waals surface area contributed by atoms with Gasteiger partial charge < -0.3 is 9.47 Å². The highest BCUT2D eigenvalue weighted by Crippen LogP contribution is 2.46. The second-order valence-corrected chi connectivity index (χ2v) is 16.4. The molecule has 9 aromatic rings. The molecule has 0 N–H and O–H groups in total. The number of para-hydroxylation sites is 4. The molecule has 2 aromatic heterocycles. The Morgan fingerprint density at radius 2 is 1.07 bits per heavy atom. The molecule has 2 heterocycles. The third-order valence-electron chi connectivity index (χ3n) is 11.0. The summed E-state index contributed by atoms with van der Waals surface area (Å²) in [4.78, 5) is 7.68. The quantitative estimate of drug-likeness (QED) is 0.168. The molecule has 0 aliphatic heterocycles. The molecule has 5 heteroatoms. The Morgan fingerprint density at radius 1 is 0.527 bits per heavy atom. The number of fused-ring (bicyclic) bond motifs is 4. The van der Waals surface area contributed by atoms with Gasteiger partial charge in [-0.1, -0.05) is 112 Å². The highest BCUT2D eigenvalue weighted by atomic mass is 79.9. The molecule has 0 amide bonds. The van der Waals surface area contributed by atoms with E-state index in [9.17, 15) is 0 Å². The summed E-state index contributed by atoms with van der Waals surface area (Å²) in [6.07, 6.45) is 0. The van der Waals surface area contributed by atoms with Crippen LogP contribution in [0, 0.1) is 20.8 Å². The van der Waals surface area contributed by atoms with Gasteiger partial charge in [0.15, 0.2) is 0 Å². The molecule has 0 spiro atoms. The normalized spacial score (nSPS) is 11.9. The number of nitrogens with zero attached hydrogens (tertiary/aromatic N) is 4. The number of imidazole rings is 1. The summed E-state index contributed by atoms with van der Waals surface area (Å²) in [7, 11) is 0. The molecule has 0 aliphatic rings. The van der Waals surface area contributed by atoms with Gasteiger partial charge in [-0.3, -0.25) is 4.57 Å². The fourth-order valence-electron chi connectivity index (χ4n) is 8.25. The average Bonchev–Trinajstić information content (AvgIpc) is 3.72. The average molecular weight is 780 g/mol. The number of benzene rings is 7. The second kappa shape index (κ2) is 13.4. The first-order valence-electron chi connectivity index (χ1n) is 18.9. The van der Waals surface area contributed by atoms with Crippen LogP contribution in [0.5, 0.6) is 0 Å². The van der Waals surface area contributed by atoms with E-state index in [-0.39, 0.29) is 5.41 Å². The van der Waals surface area contributed by atoms with E-state index in [0.717, 1.165) is 55.3 Å². The van der Waals surface area contributed by atoms with Crippen molar-refractivity contribution < 1.29 is 0 Å². The lowest BCUT2D eigenvalue weighted by atomic mass is 9.87. The number of aryl methyl sites for hydroxylation is 2. The number of anilines is 3. The zero-order valence-electron chi connectivity index (χ0n) is 32.1. The van der Waals surface area contributed by atoms with E-state index in [0.29, 0.717) is 0 Å². The van der Waals surface area contributed by atoms with Crippen molar-refractivity contribution in [1.29, 1.82) is 0 Å². The van der Waals surface area contributed by atoms with Gasteiger partial charge in [0.1, 0.15) is 5.82 Å². The van der Waals surface area contributed by atoms with Gasteiger partial charge in [0.05, 0.1) is 49.3 Å². The van der Waals surface area contributed by atoms with E-state index in [1.54, 1.807) is 0 Å². The third-order valence-corrected chi connectivity index (χ3v) is 11.8. The van der Waals surface area contributed by atoms with Gasteiger partial charge in [-0.05, 0) is 125 Å². The Labute approximate surface area is 331 Å². The van der Waals surface area contributed by atoms with Crippen LogP contribution in [-0.4, -0.2) is 14.1 Å². The minimum Gasteiger partial charge on any atom is -0.309 e. The molecule has 0 unspecified atom stereocenters. The molecule has 4 nitrogen and oxygen atoms in total. The van der Waals surface area contributed by atoms with Crippen molar-refractivity contribution in [1.82, 2.24) is 14.1 Å². The van der Waals surface area contributed by atoms with Crippen LogP contribution in [0.25, 0.3) is 55.6 Å². The molecule has 0 radical (unpaired) electrons. The summed E-state index contributed by atoms with van der Waals surface area (Å²) in [5, 5.41) is 2.50. The Morgan fingerprint density at radius 3 is 1.71 bits per heavy atom. The number of hydrogen-bond donors (Lipinski definition) is 0. The van der Waals surface area contributed by atoms with E-state index in [1.807, 2.05) is 0 Å². The Hall–Kier alpha value is -5.91. The van der Waals surface area contributed by atoms with Gasteiger partial charge in [0.25, 0.3) is 0 Å². The molecule has 55 heavy (non-hydrogen) atoms. The molecule has 0 saturated carbocycles. The first-order valence-corrected chi connectivity index (χ1v) is 19.7. The Bertz CT molecular complexity index is 2830. The van der Waals surface area contributed by atoms with Crippen LogP contribution in [0.4, 0.5) is 17.1 Å². The van der Waals surface area contributed by atoms with E-state index < -0.39 is 0 Å². The van der Waals surface area contributed by atoms with Crippen molar-refractivity contribution in [2.75, 3.05) is 4.90 Å². The lowest BCUT2D eigenvalue weighted by Gasteiger charge is -2.30. The highest BCUT2D eigenvalue weighted by molar-refractivity contribution is 9.10. The lowest BCUT2D eigenvalue weighted by Crippen LogP contribution is -2.15. The molecule has 0 bridgehead atoms. The van der Waals surface area contributed by atoms with Gasteiger partial charge in [-0.2, -0.15) is 0 Å². The van der Waals surface area contributed by atoms with Gasteiger partial charge in [-0.25, -0.2) is 4.98 Å². The Kier molecular flexibility index (Phi) is 8.51. The first kappa shape index (κ1) is 34.8.